The molecule has 0 spiro atoms. The van der Waals surface area contributed by atoms with Gasteiger partial charge in [0, 0.05) is 88.1 Å². The molecular weight excluding hydrogens is 948 g/mol. The van der Waals surface area contributed by atoms with Crippen molar-refractivity contribution in [2.45, 2.75) is 19.1 Å². The van der Waals surface area contributed by atoms with Crippen molar-refractivity contribution in [3.63, 3.8) is 0 Å². The first kappa shape index (κ1) is 35.8. The maximum absolute atomic E-state index is 13.7. The number of ketones is 1. The second kappa shape index (κ2) is 16.3. The van der Waals surface area contributed by atoms with Crippen LogP contribution in [0.4, 0.5) is 29.7 Å². The van der Waals surface area contributed by atoms with E-state index < -0.39 is 42.0 Å². The van der Waals surface area contributed by atoms with Gasteiger partial charge in [0.2, 0.25) is 0 Å². The molecule has 2 aliphatic heterocycles. The summed E-state index contributed by atoms with van der Waals surface area (Å²) in [6, 6.07) is 7.71. The molecule has 2 fully saturated rings. The van der Waals surface area contributed by atoms with Crippen molar-refractivity contribution in [1.29, 1.82) is 0 Å². The Morgan fingerprint density at radius 2 is 1.28 bits per heavy atom. The van der Waals surface area contributed by atoms with E-state index in [-0.39, 0.29) is 137 Å². The van der Waals surface area contributed by atoms with E-state index in [1.54, 1.807) is 0 Å². The Morgan fingerprint density at radius 1 is 0.872 bits per heavy atom. The SMILES string of the molecule is CC(=O)c1ccc(N2C[C@H](C[NH-])OC2=O)cc1F.COC(=O)c1ccc(N2C[C@H](C[NH-])OC2=O)cc1F.[Ac].[Ac]. The number of hydrogen-bond acceptors (Lipinski definition) is 7. The largest absolute Gasteiger partial charge is 0.674 e. The van der Waals surface area contributed by atoms with Gasteiger partial charge in [-0.2, -0.15) is 0 Å². The zero-order valence-electron chi connectivity index (χ0n) is 21.1. The Bertz CT molecular complexity index is 1220. The molecule has 39 heavy (non-hydrogen) atoms. The first-order valence-corrected chi connectivity index (χ1v) is 11.0. The molecule has 204 valence electrons. The van der Waals surface area contributed by atoms with Crippen LogP contribution in [0.25, 0.3) is 11.5 Å². The fraction of sp³-hybridized carbons (Fsp3) is 0.333. The van der Waals surface area contributed by atoms with Gasteiger partial charge in [0.1, 0.15) is 23.8 Å². The smallest absolute Gasteiger partial charge is 0.414 e. The third-order valence-corrected chi connectivity index (χ3v) is 5.52. The summed E-state index contributed by atoms with van der Waals surface area (Å²) < 4.78 is 41.6. The van der Waals surface area contributed by atoms with Crippen LogP contribution in [-0.4, -0.2) is 69.4 Å². The van der Waals surface area contributed by atoms with Crippen LogP contribution >= 0.6 is 0 Å². The van der Waals surface area contributed by atoms with Gasteiger partial charge in [0.05, 0.1) is 42.7 Å². The molecule has 2 aromatic carbocycles. The van der Waals surface area contributed by atoms with E-state index in [1.807, 2.05) is 0 Å². The molecule has 2 atom stereocenters. The number of hydrogen-bond donors (Lipinski definition) is 0. The quantitative estimate of drug-likeness (QED) is 0.237. The van der Waals surface area contributed by atoms with Crippen molar-refractivity contribution in [2.24, 2.45) is 0 Å². The van der Waals surface area contributed by atoms with E-state index in [0.717, 1.165) is 19.2 Å². The predicted molar refractivity (Wildman–Crippen MR) is 128 cm³/mol. The van der Waals surface area contributed by atoms with Crippen LogP contribution < -0.4 is 9.80 Å². The van der Waals surface area contributed by atoms with Gasteiger partial charge in [-0.3, -0.25) is 14.6 Å². The number of anilines is 2. The van der Waals surface area contributed by atoms with Gasteiger partial charge < -0.3 is 25.7 Å². The fourth-order valence-corrected chi connectivity index (χ4v) is 3.58. The number of carbonyl (C=O) groups excluding carboxylic acids is 4. The number of halogens is 2. The third-order valence-electron chi connectivity index (χ3n) is 5.52. The average molecular weight is 972 g/mol. The van der Waals surface area contributed by atoms with Crippen molar-refractivity contribution >= 4 is 35.3 Å². The summed E-state index contributed by atoms with van der Waals surface area (Å²) in [6.07, 6.45) is -2.23. The summed E-state index contributed by atoms with van der Waals surface area (Å²) in [7, 11) is 1.16. The van der Waals surface area contributed by atoms with Crippen LogP contribution in [0.5, 0.6) is 0 Å². The van der Waals surface area contributed by atoms with Crippen molar-refractivity contribution in [2.75, 3.05) is 43.1 Å². The van der Waals surface area contributed by atoms with Gasteiger partial charge in [-0.05, 0) is 43.3 Å². The summed E-state index contributed by atoms with van der Waals surface area (Å²) in [4.78, 5) is 47.9. The molecule has 0 unspecified atom stereocenters. The number of carbonyl (C=O) groups is 4. The van der Waals surface area contributed by atoms with Gasteiger partial charge in [-0.1, -0.05) is 0 Å². The normalized spacial score (nSPS) is 17.7. The number of Topliss-reactive ketones (excluding diaryl/α,β-unsaturated/α-hetero) is 1. The number of nitrogens with one attached hydrogen (secondary N) is 2. The van der Waals surface area contributed by atoms with Crippen molar-refractivity contribution in [3.05, 3.63) is 70.6 Å². The van der Waals surface area contributed by atoms with Crippen LogP contribution in [0.15, 0.2) is 36.4 Å². The van der Waals surface area contributed by atoms with Crippen LogP contribution in [-0.2, 0) is 14.2 Å². The Labute approximate surface area is 294 Å². The molecule has 11 nitrogen and oxygen atoms in total. The molecule has 2 aliphatic rings. The Balaban J connectivity index is 0.000000371. The molecule has 2 amide bonds. The minimum atomic E-state index is -0.780. The van der Waals surface area contributed by atoms with E-state index in [1.165, 1.54) is 41.0 Å². The maximum Gasteiger partial charge on any atom is 0.414 e. The number of benzene rings is 2. The van der Waals surface area contributed by atoms with E-state index in [0.29, 0.717) is 5.69 Å². The standard InChI is InChI=1S/C12H12FN2O4.C12H12FN2O3.2Ac/c1-18-11(16)9-3-2-7(4-10(9)13)15-6-8(5-14)19-12(15)17;1-7(16)10-3-2-8(4-11(10)13)15-6-9(5-14)18-12(15)17;;/h2-4,8,14H,5-6H2,1H3;2-4,9,14H,5-6H2,1H3;;/q2*-1;;/t8-;9-;;/m00../s1. The number of nitrogens with zero attached hydrogens (tertiary/aromatic N) is 2. The second-order valence-electron chi connectivity index (χ2n) is 8.02. The van der Waals surface area contributed by atoms with Gasteiger partial charge in [-0.15, -0.1) is 13.1 Å². The summed E-state index contributed by atoms with van der Waals surface area (Å²) >= 11 is 0. The number of amides is 2. The van der Waals surface area contributed by atoms with Crippen LogP contribution in [0.3, 0.4) is 0 Å². The maximum atomic E-state index is 13.7. The van der Waals surface area contributed by atoms with Crippen molar-refractivity contribution in [1.82, 2.24) is 0 Å². The molecular formula is C24H24Ac2F2N4O7-2. The monoisotopic (exact) mass is 972 g/mol. The molecule has 2 saturated heterocycles. The molecule has 15 heteroatoms. The average Bonchev–Trinajstić information content (AvgIpc) is 3.45. The van der Waals surface area contributed by atoms with E-state index in [2.05, 4.69) is 4.74 Å². The fourth-order valence-electron chi connectivity index (χ4n) is 3.58. The van der Waals surface area contributed by atoms with E-state index in [9.17, 15) is 28.0 Å². The molecule has 0 saturated carbocycles. The molecule has 2 radical (unpaired) electrons. The first-order chi connectivity index (χ1) is 17.6. The number of methoxy groups -OCH3 is 1. The van der Waals surface area contributed by atoms with Gasteiger partial charge in [-0.25, -0.2) is 23.2 Å². The van der Waals surface area contributed by atoms with Gasteiger partial charge in [0.25, 0.3) is 0 Å². The summed E-state index contributed by atoms with van der Waals surface area (Å²) in [6.45, 7) is 1.61. The van der Waals surface area contributed by atoms with Crippen LogP contribution in [0.1, 0.15) is 27.6 Å². The Morgan fingerprint density at radius 3 is 1.59 bits per heavy atom. The van der Waals surface area contributed by atoms with E-state index >= 15 is 0 Å². The molecule has 2 aromatic rings. The second-order valence-corrected chi connectivity index (χ2v) is 8.02. The van der Waals surface area contributed by atoms with Gasteiger partial charge in [0.15, 0.2) is 5.78 Å². The Kier molecular flexibility index (Phi) is 15.0. The zero-order chi connectivity index (χ0) is 27.3. The van der Waals surface area contributed by atoms with Crippen molar-refractivity contribution in [3.8, 4) is 0 Å². The topological polar surface area (TPSA) is 150 Å². The summed E-state index contributed by atoms with van der Waals surface area (Å²) in [5, 5.41) is 0. The molecule has 0 aliphatic carbocycles. The molecule has 0 aromatic heterocycles. The van der Waals surface area contributed by atoms with Crippen molar-refractivity contribution < 1.29 is 130 Å². The van der Waals surface area contributed by atoms with E-state index in [4.69, 9.17) is 20.9 Å². The number of ether oxygens (including phenoxy) is 3. The molecule has 2 heterocycles. The number of cyclic esters (lactones) is 2. The third kappa shape index (κ3) is 8.88. The summed E-state index contributed by atoms with van der Waals surface area (Å²) in [5.74, 6) is -2.59. The molecule has 2 N–H and O–H groups in total. The predicted octanol–water partition coefficient (Wildman–Crippen LogP) is 4.40. The summed E-state index contributed by atoms with van der Waals surface area (Å²) in [5.41, 5.74) is 14.7. The van der Waals surface area contributed by atoms with Crippen LogP contribution in [0, 0.1) is 99.8 Å². The molecule has 0 bridgehead atoms. The first-order valence-electron chi connectivity index (χ1n) is 11.0. The number of esters is 1. The Hall–Kier alpha value is -1.22. The minimum absolute atomic E-state index is 0. The number of rotatable bonds is 6. The zero-order valence-corrected chi connectivity index (χ0v) is 30.6. The van der Waals surface area contributed by atoms with Gasteiger partial charge >= 0.3 is 18.2 Å². The van der Waals surface area contributed by atoms with Crippen LogP contribution in [0.2, 0.25) is 0 Å². The minimum Gasteiger partial charge on any atom is -0.674 e. The molecule has 4 rings (SSSR count).